The summed E-state index contributed by atoms with van der Waals surface area (Å²) >= 11 is 5.77. The molecule has 2 rings (SSSR count). The first-order valence-electron chi connectivity index (χ1n) is 5.39. The van der Waals surface area contributed by atoms with Crippen LogP contribution in [-0.2, 0) is 14.8 Å². The second kappa shape index (κ2) is 4.45. The predicted molar refractivity (Wildman–Crippen MR) is 67.5 cm³/mol. The van der Waals surface area contributed by atoms with Crippen LogP contribution in [0.2, 0.25) is 5.02 Å². The topological polar surface area (TPSA) is 94.9 Å². The molecule has 0 bridgehead atoms. The van der Waals surface area contributed by atoms with E-state index in [0.29, 0.717) is 5.56 Å². The second-order valence-electron chi connectivity index (χ2n) is 4.52. The first kappa shape index (κ1) is 14.3. The fourth-order valence-corrected chi connectivity index (χ4v) is 3.87. The second-order valence-corrected chi connectivity index (χ2v) is 6.86. The highest BCUT2D eigenvalue weighted by molar-refractivity contribution is 7.89. The Morgan fingerprint density at radius 2 is 2.00 bits per heavy atom. The van der Waals surface area contributed by atoms with Crippen LogP contribution < -0.4 is 0 Å². The van der Waals surface area contributed by atoms with E-state index in [-0.39, 0.29) is 9.92 Å². The summed E-state index contributed by atoms with van der Waals surface area (Å²) in [6.07, 6.45) is 0. The fraction of sp³-hybridized carbons (Fsp3) is 0.364. The van der Waals surface area contributed by atoms with Gasteiger partial charge in [-0.05, 0) is 24.6 Å². The zero-order chi connectivity index (χ0) is 14.4. The van der Waals surface area contributed by atoms with Gasteiger partial charge in [0.1, 0.15) is 0 Å². The van der Waals surface area contributed by atoms with Crippen molar-refractivity contribution in [3.05, 3.63) is 28.8 Å². The van der Waals surface area contributed by atoms with Crippen molar-refractivity contribution in [1.29, 1.82) is 0 Å². The van der Waals surface area contributed by atoms with E-state index in [1.54, 1.807) is 19.1 Å². The van der Waals surface area contributed by atoms with Crippen molar-refractivity contribution in [1.82, 2.24) is 4.31 Å². The highest BCUT2D eigenvalue weighted by Crippen LogP contribution is 2.30. The van der Waals surface area contributed by atoms with Gasteiger partial charge >= 0.3 is 5.97 Å². The van der Waals surface area contributed by atoms with Crippen LogP contribution in [0.4, 0.5) is 0 Å². The molecule has 0 radical (unpaired) electrons. The fourth-order valence-electron chi connectivity index (χ4n) is 1.83. The summed E-state index contributed by atoms with van der Waals surface area (Å²) in [6.45, 7) is 0.694. The van der Waals surface area contributed by atoms with E-state index in [1.807, 2.05) is 0 Å². The van der Waals surface area contributed by atoms with Gasteiger partial charge in [0.05, 0.1) is 18.0 Å². The van der Waals surface area contributed by atoms with Crippen molar-refractivity contribution in [2.45, 2.75) is 17.4 Å². The van der Waals surface area contributed by atoms with Gasteiger partial charge in [0.2, 0.25) is 10.0 Å². The Labute approximate surface area is 115 Å². The zero-order valence-corrected chi connectivity index (χ0v) is 11.6. The SMILES string of the molecule is Cc1ccc(Cl)cc1S(=O)(=O)N1CC(O)(C(=O)O)C1. The number of carboxylic acids is 1. The standard InChI is InChI=1S/C11H12ClNO5S/c1-7-2-3-8(12)4-9(7)19(17,18)13-5-11(16,6-13)10(14)15/h2-4,16H,5-6H2,1H3,(H,14,15). The maximum absolute atomic E-state index is 12.3. The van der Waals surface area contributed by atoms with Gasteiger partial charge in [0.15, 0.2) is 5.60 Å². The lowest BCUT2D eigenvalue weighted by molar-refractivity contribution is -0.170. The molecule has 19 heavy (non-hydrogen) atoms. The molecule has 1 saturated heterocycles. The summed E-state index contributed by atoms with van der Waals surface area (Å²) in [5.74, 6) is -1.43. The smallest absolute Gasteiger partial charge is 0.338 e. The van der Waals surface area contributed by atoms with Crippen LogP contribution in [0.15, 0.2) is 23.1 Å². The molecule has 0 atom stereocenters. The molecule has 0 aromatic heterocycles. The Bertz CT molecular complexity index is 636. The minimum Gasteiger partial charge on any atom is -0.479 e. The molecule has 1 fully saturated rings. The lowest BCUT2D eigenvalue weighted by Gasteiger charge is -2.42. The van der Waals surface area contributed by atoms with Crippen LogP contribution in [0.25, 0.3) is 0 Å². The van der Waals surface area contributed by atoms with E-state index >= 15 is 0 Å². The third-order valence-corrected chi connectivity index (χ3v) is 5.21. The molecule has 0 aliphatic carbocycles. The lowest BCUT2D eigenvalue weighted by Crippen LogP contribution is -2.67. The third kappa shape index (κ3) is 2.34. The van der Waals surface area contributed by atoms with Crippen molar-refractivity contribution in [3.8, 4) is 0 Å². The maximum atomic E-state index is 12.3. The maximum Gasteiger partial charge on any atom is 0.338 e. The number of halogens is 1. The first-order chi connectivity index (χ1) is 8.67. The Balaban J connectivity index is 2.31. The molecule has 1 heterocycles. The third-order valence-electron chi connectivity index (χ3n) is 3.04. The minimum atomic E-state index is -3.83. The molecule has 0 spiro atoms. The number of rotatable bonds is 3. The van der Waals surface area contributed by atoms with Crippen LogP contribution in [-0.4, -0.2) is 47.6 Å². The van der Waals surface area contributed by atoms with E-state index in [4.69, 9.17) is 16.7 Å². The van der Waals surface area contributed by atoms with Crippen molar-refractivity contribution in [2.75, 3.05) is 13.1 Å². The number of benzene rings is 1. The summed E-state index contributed by atoms with van der Waals surface area (Å²) in [5, 5.41) is 18.6. The van der Waals surface area contributed by atoms with E-state index in [1.165, 1.54) is 6.07 Å². The minimum absolute atomic E-state index is 0.0208. The lowest BCUT2D eigenvalue weighted by atomic mass is 9.98. The summed E-state index contributed by atoms with van der Waals surface area (Å²) in [5.41, 5.74) is -1.49. The number of sulfonamides is 1. The molecule has 1 aliphatic heterocycles. The quantitative estimate of drug-likeness (QED) is 0.846. The van der Waals surface area contributed by atoms with Crippen molar-refractivity contribution in [3.63, 3.8) is 0 Å². The Hall–Kier alpha value is -1.15. The Morgan fingerprint density at radius 1 is 1.42 bits per heavy atom. The molecule has 104 valence electrons. The number of carbonyl (C=O) groups is 1. The molecule has 0 saturated carbocycles. The summed E-state index contributed by atoms with van der Waals surface area (Å²) in [6, 6.07) is 4.45. The summed E-state index contributed by atoms with van der Waals surface area (Å²) in [4.78, 5) is 10.8. The van der Waals surface area contributed by atoms with E-state index in [9.17, 15) is 18.3 Å². The number of nitrogens with zero attached hydrogens (tertiary/aromatic N) is 1. The molecule has 1 aromatic rings. The molecule has 0 unspecified atom stereocenters. The van der Waals surface area contributed by atoms with E-state index in [0.717, 1.165) is 4.31 Å². The van der Waals surface area contributed by atoms with Crippen LogP contribution in [0.5, 0.6) is 0 Å². The van der Waals surface area contributed by atoms with Gasteiger partial charge in [-0.25, -0.2) is 13.2 Å². The number of hydrogen-bond donors (Lipinski definition) is 2. The highest BCUT2D eigenvalue weighted by Gasteiger charge is 2.53. The van der Waals surface area contributed by atoms with Crippen LogP contribution in [0.3, 0.4) is 0 Å². The Morgan fingerprint density at radius 3 is 2.53 bits per heavy atom. The predicted octanol–water partition coefficient (Wildman–Crippen LogP) is 0.468. The summed E-state index contributed by atoms with van der Waals surface area (Å²) in [7, 11) is -3.83. The van der Waals surface area contributed by atoms with Gasteiger partial charge in [0, 0.05) is 5.02 Å². The summed E-state index contributed by atoms with van der Waals surface area (Å²) < 4.78 is 25.4. The number of aliphatic carboxylic acids is 1. The van der Waals surface area contributed by atoms with Gasteiger partial charge in [-0.1, -0.05) is 17.7 Å². The van der Waals surface area contributed by atoms with E-state index < -0.39 is 34.7 Å². The molecule has 2 N–H and O–H groups in total. The normalized spacial score (nSPS) is 18.9. The average Bonchev–Trinajstić information content (AvgIpc) is 2.27. The van der Waals surface area contributed by atoms with Crippen molar-refractivity contribution in [2.24, 2.45) is 0 Å². The first-order valence-corrected chi connectivity index (χ1v) is 7.21. The molecule has 6 nitrogen and oxygen atoms in total. The van der Waals surface area contributed by atoms with Crippen LogP contribution >= 0.6 is 11.6 Å². The number of aryl methyl sites for hydroxylation is 1. The van der Waals surface area contributed by atoms with Crippen molar-refractivity contribution < 1.29 is 23.4 Å². The molecule has 1 aromatic carbocycles. The largest absolute Gasteiger partial charge is 0.479 e. The van der Waals surface area contributed by atoms with Gasteiger partial charge in [-0.15, -0.1) is 0 Å². The van der Waals surface area contributed by atoms with Gasteiger partial charge < -0.3 is 10.2 Å². The number of carboxylic acid groups (broad SMARTS) is 1. The van der Waals surface area contributed by atoms with Gasteiger partial charge in [-0.3, -0.25) is 0 Å². The van der Waals surface area contributed by atoms with Gasteiger partial charge in [-0.2, -0.15) is 4.31 Å². The average molecular weight is 306 g/mol. The monoisotopic (exact) mass is 305 g/mol. The zero-order valence-electron chi connectivity index (χ0n) is 10.00. The number of aliphatic hydroxyl groups is 1. The van der Waals surface area contributed by atoms with Crippen LogP contribution in [0, 0.1) is 6.92 Å². The molecule has 1 aliphatic rings. The number of β-amino-alcohol motifs (C(OH)–C–C–N with tert-alkyl or cyclic N) is 1. The molecule has 0 amide bonds. The molecule has 8 heteroatoms. The van der Waals surface area contributed by atoms with Gasteiger partial charge in [0.25, 0.3) is 0 Å². The number of hydrogen-bond acceptors (Lipinski definition) is 4. The molecular weight excluding hydrogens is 294 g/mol. The van der Waals surface area contributed by atoms with Crippen molar-refractivity contribution >= 4 is 27.6 Å². The Kier molecular flexibility index (Phi) is 3.34. The van der Waals surface area contributed by atoms with E-state index in [2.05, 4.69) is 0 Å². The van der Waals surface area contributed by atoms with Crippen LogP contribution in [0.1, 0.15) is 5.56 Å². The molecular formula is C11H12ClNO5S. The highest BCUT2D eigenvalue weighted by atomic mass is 35.5.